The Morgan fingerprint density at radius 3 is 0.791 bits per heavy atom. The summed E-state index contributed by atoms with van der Waals surface area (Å²) in [4.78, 5) is 73.7. The van der Waals surface area contributed by atoms with Crippen molar-refractivity contribution in [3.63, 3.8) is 0 Å². The lowest BCUT2D eigenvalue weighted by Crippen LogP contribution is -2.62. The van der Waals surface area contributed by atoms with E-state index in [2.05, 4.69) is 241 Å². The van der Waals surface area contributed by atoms with Crippen LogP contribution in [0.4, 0.5) is 0 Å². The van der Waals surface area contributed by atoms with E-state index in [0.29, 0.717) is 24.2 Å². The van der Waals surface area contributed by atoms with Gasteiger partial charge in [0.1, 0.15) is 0 Å². The number of likely N-dealkylation sites (N-methyl/N-ethyl adjacent to an activating group) is 3. The number of likely N-dealkylation sites (tertiary alicyclic amines) is 10. The summed E-state index contributed by atoms with van der Waals surface area (Å²) in [6.07, 6.45) is 28.1. The normalized spacial score (nSPS) is 26.0. The van der Waals surface area contributed by atoms with Crippen molar-refractivity contribution in [2.75, 3.05) is 290 Å². The summed E-state index contributed by atoms with van der Waals surface area (Å²) in [5, 5.41) is 0. The number of piperidine rings is 7. The van der Waals surface area contributed by atoms with Crippen molar-refractivity contribution in [1.29, 1.82) is 0 Å². The number of ether oxygens (including phenoxy) is 1. The van der Waals surface area contributed by atoms with Crippen LogP contribution in [-0.2, 0) is 14.3 Å². The van der Waals surface area contributed by atoms with Gasteiger partial charge in [-0.2, -0.15) is 0 Å². The molecule has 0 aromatic carbocycles. The third-order valence-electron chi connectivity index (χ3n) is 32.4. The molecule has 0 spiro atoms. The molecule has 15 aliphatic rings. The van der Waals surface area contributed by atoms with Gasteiger partial charge in [-0.15, -0.1) is 0 Å². The summed E-state index contributed by atoms with van der Waals surface area (Å²) in [6, 6.07) is 11.6. The zero-order valence-electron chi connectivity index (χ0n) is 90.0. The SMILES string of the molecule is CC(=O)N1CCCN(C(C)C)CC1.CC(C)N1CCC(N2CCCC2)CC1.CC(C)N1CCC(N2CCCCC2)CC1.CC(C)N1CCC(N2CCCCC2)CC1.CC(C)N1CCC(N2CCN(C)CC2)C1.CC(C)N1CCC(N2CCN(C)CC2)CC1.CC(C)N1CCN(C(=O)C(C)(C)C)CC1.CC(C)N1CCN(C2CN(C)C2)CC1.CCOC1CCN(C(C)C)CC1. The van der Waals surface area contributed by atoms with Gasteiger partial charge < -0.3 is 68.4 Å². The van der Waals surface area contributed by atoms with Crippen LogP contribution >= 0.6 is 0 Å². The quantitative estimate of drug-likeness (QED) is 0.138. The third kappa shape index (κ3) is 41.6. The van der Waals surface area contributed by atoms with Gasteiger partial charge in [-0.3, -0.25) is 43.9 Å². The zero-order valence-corrected chi connectivity index (χ0v) is 90.0. The second-order valence-electron chi connectivity index (χ2n) is 45.6. The van der Waals surface area contributed by atoms with Crippen molar-refractivity contribution in [1.82, 2.24) is 98.0 Å². The fourth-order valence-electron chi connectivity index (χ4n) is 22.6. The first-order valence-corrected chi connectivity index (χ1v) is 54.8. The molecule has 0 bridgehead atoms. The Hall–Kier alpha value is -1.82. The van der Waals surface area contributed by atoms with Gasteiger partial charge in [-0.1, -0.05) is 33.6 Å². The standard InChI is InChI=1S/C13H27N3.2C13H26N2.C12H25N3.C12H24N2O.C12H24N2.C11H23N3.C10H20N2O.C10H21NO/c1-12(2)15-6-4-13(5-7-15)16-10-8-14(3)9-11-16;2*1-12(2)14-10-6-13(7-11-14)15-8-4-3-5-9-15;1-11(2)15-5-4-12(10-15)14-8-6-13(3)7-9-14;1-10(2)13-6-8-14(9-7-13)11(15)12(3,4)5;1-11(2)13-9-5-12(6-10-13)14-7-3-4-8-14;1-10(2)13-4-6-14(7-5-13)11-8-12(3)9-11;1-9(2)11-5-4-6-12(8-7-11)10(3)13;1-4-12-10-5-7-11(8-6-10)9(2)3/h12-13H,4-11H2,1-3H3;2*12-13H,3-11H2,1-2H3;11-12H,4-10H2,1-3H3;10H,6-9H2,1-5H3;11-12H,3-10H2,1-2H3;10-11H,4-9H2,1-3H3;9H,4-8H2,1-3H3;9-10H,4-8H2,1-3H3. The second kappa shape index (κ2) is 60.9. The Balaban J connectivity index is 0.000000199. The summed E-state index contributed by atoms with van der Waals surface area (Å²) in [5.41, 5.74) is -0.236. The number of amides is 2. The number of nitrogens with zero attached hydrogens (tertiary/aromatic N) is 20. The first kappa shape index (κ1) is 114. The molecule has 0 aliphatic carbocycles. The molecule has 129 heavy (non-hydrogen) atoms. The first-order chi connectivity index (χ1) is 61.5. The van der Waals surface area contributed by atoms with E-state index in [1.165, 1.54) is 331 Å². The molecule has 15 aliphatic heterocycles. The Bertz CT molecular complexity index is 2770. The highest BCUT2D eigenvalue weighted by Gasteiger charge is 2.37. The van der Waals surface area contributed by atoms with Crippen LogP contribution in [0.2, 0.25) is 0 Å². The Kier molecular flexibility index (Phi) is 53.9. The maximum absolute atomic E-state index is 12.0. The van der Waals surface area contributed by atoms with E-state index in [1.807, 2.05) is 30.6 Å². The summed E-state index contributed by atoms with van der Waals surface area (Å²) in [5.74, 6) is 0.497. The monoisotopic (exact) mass is 1820 g/mol. The molecule has 0 aromatic heterocycles. The number of carbonyl (C=O) groups excluding carboxylic acids is 2. The van der Waals surface area contributed by atoms with Crippen LogP contribution < -0.4 is 0 Å². The number of carbonyl (C=O) groups is 2. The van der Waals surface area contributed by atoms with Gasteiger partial charge in [0.2, 0.25) is 11.8 Å². The maximum atomic E-state index is 12.0. The van der Waals surface area contributed by atoms with Gasteiger partial charge in [-0.25, -0.2) is 0 Å². The lowest BCUT2D eigenvalue weighted by atomic mass is 9.94. The first-order valence-electron chi connectivity index (χ1n) is 54.8. The van der Waals surface area contributed by atoms with Gasteiger partial charge in [0.05, 0.1) is 6.10 Å². The van der Waals surface area contributed by atoms with Gasteiger partial charge in [0, 0.05) is 280 Å². The smallest absolute Gasteiger partial charge is 0.228 e. The molecular formula is C106H216N20O3. The van der Waals surface area contributed by atoms with Crippen molar-refractivity contribution in [3.8, 4) is 0 Å². The number of rotatable bonds is 17. The highest BCUT2D eigenvalue weighted by Crippen LogP contribution is 2.29. The fraction of sp³-hybridized carbons (Fsp3) is 0.981. The highest BCUT2D eigenvalue weighted by molar-refractivity contribution is 5.81. The average Bonchev–Trinajstić information content (AvgIpc) is 1.80. The van der Waals surface area contributed by atoms with Crippen LogP contribution in [-0.4, -0.2) is 496 Å². The number of hydrogen-bond donors (Lipinski definition) is 0. The van der Waals surface area contributed by atoms with E-state index in [-0.39, 0.29) is 17.2 Å². The lowest BCUT2D eigenvalue weighted by molar-refractivity contribution is -0.141. The van der Waals surface area contributed by atoms with Gasteiger partial charge in [0.25, 0.3) is 0 Å². The topological polar surface area (TPSA) is 108 Å². The second-order valence-corrected chi connectivity index (χ2v) is 45.6. The van der Waals surface area contributed by atoms with E-state index in [0.717, 1.165) is 138 Å². The van der Waals surface area contributed by atoms with Crippen molar-refractivity contribution >= 4 is 11.8 Å². The molecule has 0 radical (unpaired) electrons. The van der Waals surface area contributed by atoms with Crippen LogP contribution in [0.5, 0.6) is 0 Å². The molecule has 15 saturated heterocycles. The van der Waals surface area contributed by atoms with Gasteiger partial charge in [-0.05, 0) is 360 Å². The fourth-order valence-corrected chi connectivity index (χ4v) is 22.6. The van der Waals surface area contributed by atoms with Crippen LogP contribution in [0.3, 0.4) is 0 Å². The van der Waals surface area contributed by atoms with Crippen molar-refractivity contribution in [2.45, 2.75) is 384 Å². The molecular weight excluding hydrogens is 1600 g/mol. The van der Waals surface area contributed by atoms with Crippen LogP contribution in [0.25, 0.3) is 0 Å². The van der Waals surface area contributed by atoms with E-state index in [9.17, 15) is 9.59 Å². The van der Waals surface area contributed by atoms with Crippen LogP contribution in [0, 0.1) is 5.41 Å². The van der Waals surface area contributed by atoms with Crippen LogP contribution in [0.15, 0.2) is 0 Å². The highest BCUT2D eigenvalue weighted by atomic mass is 16.5. The third-order valence-corrected chi connectivity index (χ3v) is 32.4. The molecule has 1 unspecified atom stereocenters. The average molecular weight is 1820 g/mol. The van der Waals surface area contributed by atoms with Gasteiger partial charge in [0.15, 0.2) is 0 Å². The largest absolute Gasteiger partial charge is 0.378 e. The molecule has 0 N–H and O–H groups in total. The molecule has 0 aromatic rings. The molecule has 1 atom stereocenters. The van der Waals surface area contributed by atoms with Crippen molar-refractivity contribution < 1.29 is 14.3 Å². The van der Waals surface area contributed by atoms with E-state index in [4.69, 9.17) is 4.74 Å². The summed E-state index contributed by atoms with van der Waals surface area (Å²) in [7, 11) is 6.67. The molecule has 15 rings (SSSR count). The molecule has 0 saturated carbocycles. The zero-order chi connectivity index (χ0) is 94.3. The molecule has 23 heteroatoms. The van der Waals surface area contributed by atoms with Gasteiger partial charge >= 0.3 is 0 Å². The van der Waals surface area contributed by atoms with E-state index < -0.39 is 0 Å². The van der Waals surface area contributed by atoms with E-state index >= 15 is 0 Å². The summed E-state index contributed by atoms with van der Waals surface area (Å²) < 4.78 is 5.58. The summed E-state index contributed by atoms with van der Waals surface area (Å²) >= 11 is 0. The minimum atomic E-state index is -0.236. The van der Waals surface area contributed by atoms with Crippen LogP contribution in [0.1, 0.15) is 288 Å². The number of piperazine rings is 4. The molecule has 23 nitrogen and oxygen atoms in total. The predicted molar refractivity (Wildman–Crippen MR) is 551 cm³/mol. The Morgan fingerprint density at radius 1 is 0.248 bits per heavy atom. The molecule has 758 valence electrons. The van der Waals surface area contributed by atoms with Crippen molar-refractivity contribution in [3.05, 3.63) is 0 Å². The van der Waals surface area contributed by atoms with E-state index in [1.54, 1.807) is 6.92 Å². The minimum absolute atomic E-state index is 0.214. The lowest BCUT2D eigenvalue weighted by Gasteiger charge is -2.47. The predicted octanol–water partition coefficient (Wildman–Crippen LogP) is 13.2. The maximum Gasteiger partial charge on any atom is 0.228 e. The van der Waals surface area contributed by atoms with Crippen molar-refractivity contribution in [2.24, 2.45) is 5.41 Å². The minimum Gasteiger partial charge on any atom is -0.378 e. The molecule has 15 heterocycles. The molecule has 15 fully saturated rings. The molecule has 2 amide bonds. The summed E-state index contributed by atoms with van der Waals surface area (Å²) in [6.45, 7) is 101. The Labute approximate surface area is 799 Å². The Morgan fingerprint density at radius 2 is 0.496 bits per heavy atom. The number of hydrogen-bond acceptors (Lipinski definition) is 21.